The molecule has 0 saturated heterocycles. The summed E-state index contributed by atoms with van der Waals surface area (Å²) >= 11 is 0. The SMILES string of the molecule is Cc1c(C=NNC(=O)c2cc3c(ccc4ccccc43)o2)c2ccccc2n1C. The Hall–Kier alpha value is -3.86. The third kappa shape index (κ3) is 2.79. The Balaban J connectivity index is 1.44. The lowest BCUT2D eigenvalue weighted by Gasteiger charge is -1.98. The van der Waals surface area contributed by atoms with Gasteiger partial charge in [0.25, 0.3) is 0 Å². The maximum atomic E-state index is 12.6. The smallest absolute Gasteiger partial charge is 0.307 e. The van der Waals surface area contributed by atoms with E-state index < -0.39 is 0 Å². The predicted molar refractivity (Wildman–Crippen MR) is 116 cm³/mol. The summed E-state index contributed by atoms with van der Waals surface area (Å²) in [6.45, 7) is 2.04. The zero-order chi connectivity index (χ0) is 20.0. The van der Waals surface area contributed by atoms with Gasteiger partial charge in [-0.15, -0.1) is 0 Å². The number of amides is 1. The van der Waals surface area contributed by atoms with Crippen molar-refractivity contribution in [2.24, 2.45) is 12.1 Å². The Morgan fingerprint density at radius 2 is 1.76 bits per heavy atom. The summed E-state index contributed by atoms with van der Waals surface area (Å²) < 4.78 is 7.86. The number of nitrogens with one attached hydrogen (secondary N) is 1. The molecule has 5 heteroatoms. The van der Waals surface area contributed by atoms with Crippen molar-refractivity contribution in [2.75, 3.05) is 0 Å². The number of benzene rings is 3. The van der Waals surface area contributed by atoms with Crippen LogP contribution in [0, 0.1) is 6.92 Å². The number of carbonyl (C=O) groups excluding carboxylic acids is 1. The third-order valence-corrected chi connectivity index (χ3v) is 5.46. The summed E-state index contributed by atoms with van der Waals surface area (Å²) in [5.74, 6) is -0.137. The maximum absolute atomic E-state index is 12.6. The van der Waals surface area contributed by atoms with Crippen molar-refractivity contribution in [1.82, 2.24) is 9.99 Å². The molecule has 0 spiro atoms. The van der Waals surface area contributed by atoms with Gasteiger partial charge in [0.1, 0.15) is 5.58 Å². The first-order chi connectivity index (χ1) is 14.1. The van der Waals surface area contributed by atoms with E-state index in [9.17, 15) is 4.79 Å². The molecule has 5 rings (SSSR count). The number of fused-ring (bicyclic) bond motifs is 4. The van der Waals surface area contributed by atoms with Crippen molar-refractivity contribution in [3.63, 3.8) is 0 Å². The lowest BCUT2D eigenvalue weighted by molar-refractivity contribution is 0.0929. The van der Waals surface area contributed by atoms with Crippen LogP contribution in [-0.4, -0.2) is 16.7 Å². The Morgan fingerprint density at radius 1 is 1.00 bits per heavy atom. The standard InChI is InChI=1S/C24H19N3O2/c1-15-20(18-9-5-6-10-21(18)27(15)2)14-25-26-24(28)23-13-19-17-8-4-3-7-16(17)11-12-22(19)29-23/h3-14H,1-2H3,(H,26,28). The van der Waals surface area contributed by atoms with Gasteiger partial charge >= 0.3 is 5.91 Å². The number of hydrogen-bond acceptors (Lipinski definition) is 3. The van der Waals surface area contributed by atoms with E-state index in [0.29, 0.717) is 5.58 Å². The van der Waals surface area contributed by atoms with Crippen molar-refractivity contribution in [3.8, 4) is 0 Å². The van der Waals surface area contributed by atoms with Gasteiger partial charge in [0.15, 0.2) is 5.76 Å². The van der Waals surface area contributed by atoms with Crippen LogP contribution in [0.15, 0.2) is 76.2 Å². The van der Waals surface area contributed by atoms with E-state index in [2.05, 4.69) is 27.2 Å². The summed E-state index contributed by atoms with van der Waals surface area (Å²) in [6.07, 6.45) is 1.69. The number of furan rings is 1. The van der Waals surface area contributed by atoms with Crippen LogP contribution in [0.3, 0.4) is 0 Å². The van der Waals surface area contributed by atoms with E-state index in [0.717, 1.165) is 38.3 Å². The highest BCUT2D eigenvalue weighted by molar-refractivity contribution is 6.08. The van der Waals surface area contributed by atoms with E-state index in [1.165, 1.54) is 0 Å². The highest BCUT2D eigenvalue weighted by atomic mass is 16.3. The number of carbonyl (C=O) groups is 1. The van der Waals surface area contributed by atoms with Crippen LogP contribution in [0.1, 0.15) is 21.8 Å². The fourth-order valence-corrected chi connectivity index (χ4v) is 3.83. The molecule has 5 aromatic rings. The van der Waals surface area contributed by atoms with Crippen molar-refractivity contribution in [2.45, 2.75) is 6.92 Å². The lowest BCUT2D eigenvalue weighted by atomic mass is 10.1. The minimum Gasteiger partial charge on any atom is -0.451 e. The van der Waals surface area contributed by atoms with E-state index in [4.69, 9.17) is 4.42 Å². The van der Waals surface area contributed by atoms with Gasteiger partial charge in [-0.2, -0.15) is 5.10 Å². The summed E-state index contributed by atoms with van der Waals surface area (Å²) in [4.78, 5) is 12.6. The highest BCUT2D eigenvalue weighted by Gasteiger charge is 2.14. The Morgan fingerprint density at radius 3 is 2.62 bits per heavy atom. The van der Waals surface area contributed by atoms with E-state index in [1.807, 2.05) is 62.5 Å². The number of hydrazone groups is 1. The molecule has 0 aliphatic carbocycles. The number of para-hydroxylation sites is 1. The second kappa shape index (κ2) is 6.63. The summed E-state index contributed by atoms with van der Waals surface area (Å²) in [5, 5.41) is 8.36. The molecular formula is C24H19N3O2. The normalized spacial score (nSPS) is 11.8. The summed E-state index contributed by atoms with van der Waals surface area (Å²) in [5.41, 5.74) is 6.46. The Bertz CT molecular complexity index is 1420. The van der Waals surface area contributed by atoms with Crippen molar-refractivity contribution in [3.05, 3.63) is 83.7 Å². The van der Waals surface area contributed by atoms with Crippen LogP contribution < -0.4 is 5.43 Å². The molecule has 2 heterocycles. The van der Waals surface area contributed by atoms with Crippen LogP contribution >= 0.6 is 0 Å². The molecular weight excluding hydrogens is 362 g/mol. The molecule has 29 heavy (non-hydrogen) atoms. The minimum absolute atomic E-state index is 0.239. The minimum atomic E-state index is -0.376. The number of nitrogens with zero attached hydrogens (tertiary/aromatic N) is 2. The lowest BCUT2D eigenvalue weighted by Crippen LogP contribution is -2.16. The average Bonchev–Trinajstić information content (AvgIpc) is 3.29. The first-order valence-electron chi connectivity index (χ1n) is 9.42. The summed E-state index contributed by atoms with van der Waals surface area (Å²) in [6, 6.07) is 21.8. The second-order valence-electron chi connectivity index (χ2n) is 7.08. The fraction of sp³-hybridized carbons (Fsp3) is 0.0833. The molecule has 2 aromatic heterocycles. The highest BCUT2D eigenvalue weighted by Crippen LogP contribution is 2.28. The van der Waals surface area contributed by atoms with Crippen molar-refractivity contribution < 1.29 is 9.21 Å². The Labute approximate surface area is 167 Å². The molecule has 1 N–H and O–H groups in total. The first kappa shape index (κ1) is 17.3. The largest absolute Gasteiger partial charge is 0.451 e. The van der Waals surface area contributed by atoms with Gasteiger partial charge in [-0.1, -0.05) is 48.5 Å². The topological polar surface area (TPSA) is 59.5 Å². The molecule has 0 unspecified atom stereocenters. The van der Waals surface area contributed by atoms with Crippen LogP contribution in [0.5, 0.6) is 0 Å². The zero-order valence-electron chi connectivity index (χ0n) is 16.1. The molecule has 0 aliphatic heterocycles. The van der Waals surface area contributed by atoms with Crippen LogP contribution in [-0.2, 0) is 7.05 Å². The predicted octanol–water partition coefficient (Wildman–Crippen LogP) is 5.15. The molecule has 0 fully saturated rings. The van der Waals surface area contributed by atoms with Crippen molar-refractivity contribution in [1.29, 1.82) is 0 Å². The third-order valence-electron chi connectivity index (χ3n) is 5.46. The summed E-state index contributed by atoms with van der Waals surface area (Å²) in [7, 11) is 2.02. The van der Waals surface area contributed by atoms with Gasteiger partial charge in [0, 0.05) is 34.6 Å². The molecule has 0 aliphatic rings. The fourth-order valence-electron chi connectivity index (χ4n) is 3.83. The molecule has 0 radical (unpaired) electrons. The molecule has 3 aromatic carbocycles. The number of hydrogen-bond donors (Lipinski definition) is 1. The number of rotatable bonds is 3. The quantitative estimate of drug-likeness (QED) is 0.347. The molecule has 0 saturated carbocycles. The molecule has 5 nitrogen and oxygen atoms in total. The second-order valence-corrected chi connectivity index (χ2v) is 7.08. The van der Waals surface area contributed by atoms with Gasteiger partial charge in [0.05, 0.1) is 6.21 Å². The Kier molecular flexibility index (Phi) is 3.95. The number of aryl methyl sites for hydroxylation is 1. The van der Waals surface area contributed by atoms with Gasteiger partial charge in [0.2, 0.25) is 0 Å². The molecule has 0 atom stereocenters. The van der Waals surface area contributed by atoms with Gasteiger partial charge in [-0.3, -0.25) is 4.79 Å². The number of aromatic nitrogens is 1. The zero-order valence-corrected chi connectivity index (χ0v) is 16.1. The van der Waals surface area contributed by atoms with E-state index >= 15 is 0 Å². The van der Waals surface area contributed by atoms with Crippen molar-refractivity contribution >= 4 is 44.8 Å². The van der Waals surface area contributed by atoms with Crippen LogP contribution in [0.4, 0.5) is 0 Å². The monoisotopic (exact) mass is 381 g/mol. The average molecular weight is 381 g/mol. The molecule has 1 amide bonds. The maximum Gasteiger partial charge on any atom is 0.307 e. The van der Waals surface area contributed by atoms with E-state index in [-0.39, 0.29) is 11.7 Å². The van der Waals surface area contributed by atoms with Gasteiger partial charge in [-0.05, 0) is 35.9 Å². The van der Waals surface area contributed by atoms with Gasteiger partial charge in [-0.25, -0.2) is 5.43 Å². The van der Waals surface area contributed by atoms with Crippen LogP contribution in [0.25, 0.3) is 32.6 Å². The van der Waals surface area contributed by atoms with Gasteiger partial charge < -0.3 is 8.98 Å². The first-order valence-corrected chi connectivity index (χ1v) is 9.42. The van der Waals surface area contributed by atoms with E-state index in [1.54, 1.807) is 12.3 Å². The molecule has 142 valence electrons. The van der Waals surface area contributed by atoms with Crippen LogP contribution in [0.2, 0.25) is 0 Å². The molecule has 0 bridgehead atoms.